The van der Waals surface area contributed by atoms with Gasteiger partial charge in [0.25, 0.3) is 0 Å². The third kappa shape index (κ3) is 2.61. The van der Waals surface area contributed by atoms with E-state index in [0.29, 0.717) is 10.3 Å². The van der Waals surface area contributed by atoms with Crippen LogP contribution in [0.25, 0.3) is 0 Å². The van der Waals surface area contributed by atoms with Crippen molar-refractivity contribution in [2.24, 2.45) is 0 Å². The predicted molar refractivity (Wildman–Crippen MR) is 45.9 cm³/mol. The maximum Gasteiger partial charge on any atom is 0.207 e. The second-order valence-electron chi connectivity index (χ2n) is 2.16. The van der Waals surface area contributed by atoms with Crippen molar-refractivity contribution >= 4 is 21.6 Å². The Morgan fingerprint density at radius 1 is 1.58 bits per heavy atom. The molecule has 1 aromatic rings. The van der Waals surface area contributed by atoms with E-state index >= 15 is 0 Å². The fraction of sp³-hybridized carbons (Fsp3) is 0.600. The topological polar surface area (TPSA) is 104 Å². The van der Waals surface area contributed by atoms with Crippen LogP contribution in [0.4, 0.5) is 10.3 Å². The molecule has 1 rings (SSSR count). The summed E-state index contributed by atoms with van der Waals surface area (Å²) in [5.41, 5.74) is 5.31. The Labute approximate surface area is 73.1 Å². The van der Waals surface area contributed by atoms with Crippen LogP contribution in [0.15, 0.2) is 0 Å². The van der Waals surface area contributed by atoms with Gasteiger partial charge in [-0.1, -0.05) is 11.3 Å². The largest absolute Gasteiger partial charge is 0.394 e. The van der Waals surface area contributed by atoms with E-state index in [1.807, 2.05) is 0 Å². The van der Waals surface area contributed by atoms with Crippen LogP contribution in [0.2, 0.25) is 0 Å². The van der Waals surface area contributed by atoms with Gasteiger partial charge >= 0.3 is 0 Å². The number of nitrogens with two attached hydrogens (primary N) is 1. The molecule has 0 aliphatic rings. The lowest BCUT2D eigenvalue weighted by molar-refractivity contribution is 0.105. The van der Waals surface area contributed by atoms with E-state index in [2.05, 4.69) is 15.5 Å². The Kier molecular flexibility index (Phi) is 3.20. The summed E-state index contributed by atoms with van der Waals surface area (Å²) < 4.78 is 0. The molecule has 68 valence electrons. The first-order valence-corrected chi connectivity index (χ1v) is 4.16. The number of rotatable bonds is 4. The third-order valence-electron chi connectivity index (χ3n) is 1.14. The average molecular weight is 190 g/mol. The fourth-order valence-corrected chi connectivity index (χ4v) is 1.09. The quantitative estimate of drug-likeness (QED) is 0.479. The second-order valence-corrected chi connectivity index (χ2v) is 3.17. The van der Waals surface area contributed by atoms with Gasteiger partial charge in [0.1, 0.15) is 0 Å². The van der Waals surface area contributed by atoms with E-state index in [1.54, 1.807) is 0 Å². The first-order chi connectivity index (χ1) is 5.72. The highest BCUT2D eigenvalue weighted by Gasteiger charge is 2.03. The zero-order valence-electron chi connectivity index (χ0n) is 6.27. The monoisotopic (exact) mass is 190 g/mol. The molecule has 7 heteroatoms. The summed E-state index contributed by atoms with van der Waals surface area (Å²) in [6, 6.07) is 0. The van der Waals surface area contributed by atoms with Crippen LogP contribution >= 0.6 is 11.3 Å². The van der Waals surface area contributed by atoms with Crippen molar-refractivity contribution in [1.82, 2.24) is 10.2 Å². The van der Waals surface area contributed by atoms with Gasteiger partial charge in [0.15, 0.2) is 0 Å². The molecule has 1 aromatic heterocycles. The second kappa shape index (κ2) is 4.19. The summed E-state index contributed by atoms with van der Waals surface area (Å²) in [6.45, 7) is -0.0353. The molecule has 0 spiro atoms. The summed E-state index contributed by atoms with van der Waals surface area (Å²) in [5.74, 6) is 0. The molecule has 0 radical (unpaired) electrons. The summed E-state index contributed by atoms with van der Waals surface area (Å²) >= 11 is 1.19. The molecule has 0 fully saturated rings. The molecular formula is C5H10N4O2S. The Morgan fingerprint density at radius 3 is 2.83 bits per heavy atom. The lowest BCUT2D eigenvalue weighted by Crippen LogP contribution is -2.22. The normalized spacial score (nSPS) is 12.8. The third-order valence-corrected chi connectivity index (χ3v) is 1.85. The van der Waals surface area contributed by atoms with E-state index in [-0.39, 0.29) is 13.2 Å². The number of nitrogen functional groups attached to an aromatic ring is 1. The SMILES string of the molecule is Nc1nnc(NCC(O)CO)s1. The number of aliphatic hydroxyl groups is 2. The zero-order valence-corrected chi connectivity index (χ0v) is 7.08. The molecule has 5 N–H and O–H groups in total. The van der Waals surface area contributed by atoms with E-state index < -0.39 is 6.10 Å². The van der Waals surface area contributed by atoms with Crippen LogP contribution in [0.5, 0.6) is 0 Å². The van der Waals surface area contributed by atoms with Gasteiger partial charge in [0.2, 0.25) is 10.3 Å². The van der Waals surface area contributed by atoms with E-state index in [0.717, 1.165) is 0 Å². The molecule has 1 heterocycles. The molecule has 12 heavy (non-hydrogen) atoms. The molecule has 0 amide bonds. The zero-order chi connectivity index (χ0) is 8.97. The van der Waals surface area contributed by atoms with Crippen LogP contribution in [0, 0.1) is 0 Å². The van der Waals surface area contributed by atoms with Crippen molar-refractivity contribution in [2.75, 3.05) is 24.2 Å². The Hall–Kier alpha value is -0.920. The summed E-state index contributed by atoms with van der Waals surface area (Å²) in [5, 5.41) is 28.3. The summed E-state index contributed by atoms with van der Waals surface area (Å²) in [4.78, 5) is 0. The Balaban J connectivity index is 2.33. The lowest BCUT2D eigenvalue weighted by Gasteiger charge is -2.05. The van der Waals surface area contributed by atoms with Crippen molar-refractivity contribution in [3.8, 4) is 0 Å². The van der Waals surface area contributed by atoms with Gasteiger partial charge in [-0.3, -0.25) is 0 Å². The summed E-state index contributed by atoms with van der Waals surface area (Å²) in [6.07, 6.45) is -0.782. The van der Waals surface area contributed by atoms with Crippen molar-refractivity contribution < 1.29 is 10.2 Å². The van der Waals surface area contributed by atoms with E-state index in [1.165, 1.54) is 11.3 Å². The summed E-state index contributed by atoms with van der Waals surface area (Å²) in [7, 11) is 0. The van der Waals surface area contributed by atoms with Gasteiger partial charge in [-0.15, -0.1) is 10.2 Å². The number of aliphatic hydroxyl groups excluding tert-OH is 2. The average Bonchev–Trinajstić information content (AvgIpc) is 2.47. The molecule has 0 aromatic carbocycles. The molecule has 1 unspecified atom stereocenters. The smallest absolute Gasteiger partial charge is 0.207 e. The fourth-order valence-electron chi connectivity index (χ4n) is 0.576. The van der Waals surface area contributed by atoms with Crippen molar-refractivity contribution in [1.29, 1.82) is 0 Å². The number of anilines is 2. The van der Waals surface area contributed by atoms with Crippen LogP contribution in [0.3, 0.4) is 0 Å². The van der Waals surface area contributed by atoms with Crippen molar-refractivity contribution in [3.63, 3.8) is 0 Å². The first kappa shape index (κ1) is 9.17. The molecular weight excluding hydrogens is 180 g/mol. The molecule has 6 nitrogen and oxygen atoms in total. The van der Waals surface area contributed by atoms with Crippen LogP contribution in [-0.4, -0.2) is 39.7 Å². The van der Waals surface area contributed by atoms with Gasteiger partial charge in [0, 0.05) is 6.54 Å². The van der Waals surface area contributed by atoms with Crippen molar-refractivity contribution in [3.05, 3.63) is 0 Å². The van der Waals surface area contributed by atoms with E-state index in [4.69, 9.17) is 15.9 Å². The highest BCUT2D eigenvalue weighted by molar-refractivity contribution is 7.18. The highest BCUT2D eigenvalue weighted by atomic mass is 32.1. The van der Waals surface area contributed by atoms with E-state index in [9.17, 15) is 0 Å². The Morgan fingerprint density at radius 2 is 2.33 bits per heavy atom. The Bertz CT molecular complexity index is 241. The standard InChI is InChI=1S/C5H10N4O2S/c6-4-8-9-5(12-4)7-1-3(11)2-10/h3,10-11H,1-2H2,(H2,6,8)(H,7,9). The number of nitrogens with one attached hydrogen (secondary N) is 1. The van der Waals surface area contributed by atoms with Gasteiger partial charge in [-0.2, -0.15) is 0 Å². The van der Waals surface area contributed by atoms with Crippen molar-refractivity contribution in [2.45, 2.75) is 6.10 Å². The number of hydrogen-bond donors (Lipinski definition) is 4. The maximum atomic E-state index is 8.94. The predicted octanol–water partition coefficient (Wildman–Crippen LogP) is -1.11. The number of aromatic nitrogens is 2. The molecule has 0 aliphatic carbocycles. The van der Waals surface area contributed by atoms with Gasteiger partial charge in [-0.05, 0) is 0 Å². The number of hydrogen-bond acceptors (Lipinski definition) is 7. The van der Waals surface area contributed by atoms with Crippen LogP contribution in [-0.2, 0) is 0 Å². The van der Waals surface area contributed by atoms with Crippen LogP contribution in [0.1, 0.15) is 0 Å². The highest BCUT2D eigenvalue weighted by Crippen LogP contribution is 2.15. The minimum Gasteiger partial charge on any atom is -0.394 e. The van der Waals surface area contributed by atoms with Gasteiger partial charge < -0.3 is 21.3 Å². The molecule has 1 atom stereocenters. The van der Waals surface area contributed by atoms with Gasteiger partial charge in [-0.25, -0.2) is 0 Å². The molecule has 0 aliphatic heterocycles. The minimum atomic E-state index is -0.782. The molecule has 0 bridgehead atoms. The minimum absolute atomic E-state index is 0.241. The molecule has 0 saturated heterocycles. The maximum absolute atomic E-state index is 8.94. The lowest BCUT2D eigenvalue weighted by atomic mass is 10.4. The van der Waals surface area contributed by atoms with Gasteiger partial charge in [0.05, 0.1) is 12.7 Å². The van der Waals surface area contributed by atoms with Crippen LogP contribution < -0.4 is 11.1 Å². The first-order valence-electron chi connectivity index (χ1n) is 3.34. The number of nitrogens with zero attached hydrogens (tertiary/aromatic N) is 2. The molecule has 0 saturated carbocycles.